The van der Waals surface area contributed by atoms with E-state index >= 15 is 0 Å². The summed E-state index contributed by atoms with van der Waals surface area (Å²) in [6.07, 6.45) is 7.18. The Labute approximate surface area is 187 Å². The zero-order chi connectivity index (χ0) is 22.7. The number of sulfonamides is 1. The highest BCUT2D eigenvalue weighted by atomic mass is 32.2. The fourth-order valence-electron chi connectivity index (χ4n) is 3.67. The summed E-state index contributed by atoms with van der Waals surface area (Å²) >= 11 is 0. The molecule has 0 amide bonds. The molecule has 2 rings (SSSR count). The zero-order valence-electron chi connectivity index (χ0n) is 19.0. The third-order valence-electron chi connectivity index (χ3n) is 5.44. The Morgan fingerprint density at radius 3 is 2.35 bits per heavy atom. The number of aldehydes is 1. The number of nitrogens with zero attached hydrogens (tertiary/aromatic N) is 1. The molecule has 0 radical (unpaired) electrons. The lowest BCUT2D eigenvalue weighted by Gasteiger charge is -2.21. The van der Waals surface area contributed by atoms with Gasteiger partial charge < -0.3 is 9.69 Å². The van der Waals surface area contributed by atoms with Crippen LogP contribution in [0.2, 0.25) is 0 Å². The van der Waals surface area contributed by atoms with Crippen LogP contribution >= 0.6 is 0 Å². The van der Waals surface area contributed by atoms with Crippen LogP contribution in [0.4, 0.5) is 5.69 Å². The van der Waals surface area contributed by atoms with Crippen LogP contribution in [0.25, 0.3) is 0 Å². The third kappa shape index (κ3) is 8.11. The molecule has 0 saturated heterocycles. The molecule has 0 fully saturated rings. The zero-order valence-corrected chi connectivity index (χ0v) is 19.8. The van der Waals surface area contributed by atoms with E-state index < -0.39 is 10.0 Å². The van der Waals surface area contributed by atoms with Crippen molar-refractivity contribution in [3.05, 3.63) is 59.7 Å². The Morgan fingerprint density at radius 1 is 1.00 bits per heavy atom. The molecule has 31 heavy (non-hydrogen) atoms. The van der Waals surface area contributed by atoms with Gasteiger partial charge in [-0.05, 0) is 55.0 Å². The van der Waals surface area contributed by atoms with Gasteiger partial charge >= 0.3 is 0 Å². The van der Waals surface area contributed by atoms with E-state index in [1.165, 1.54) is 0 Å². The lowest BCUT2D eigenvalue weighted by Crippen LogP contribution is -2.35. The number of benzene rings is 2. The Kier molecular flexibility index (Phi) is 10.2. The molecule has 6 heteroatoms. The van der Waals surface area contributed by atoms with Crippen molar-refractivity contribution in [2.45, 2.75) is 69.2 Å². The lowest BCUT2D eigenvalue weighted by atomic mass is 10.0. The minimum Gasteiger partial charge on any atom is -0.378 e. The molecular weight excluding hydrogens is 408 g/mol. The van der Waals surface area contributed by atoms with Crippen LogP contribution in [-0.2, 0) is 21.2 Å². The minimum atomic E-state index is -3.66. The Morgan fingerprint density at radius 2 is 1.71 bits per heavy atom. The normalized spacial score (nSPS) is 12.5. The van der Waals surface area contributed by atoms with Gasteiger partial charge in [0, 0.05) is 32.2 Å². The molecule has 0 heterocycles. The number of carbonyl (C=O) groups is 1. The number of nitrogens with one attached hydrogen (secondary N) is 1. The first-order chi connectivity index (χ1) is 14.9. The molecule has 1 N–H and O–H groups in total. The van der Waals surface area contributed by atoms with Crippen molar-refractivity contribution in [3.8, 4) is 0 Å². The Bertz CT molecular complexity index is 912. The topological polar surface area (TPSA) is 66.5 Å². The van der Waals surface area contributed by atoms with Crippen molar-refractivity contribution < 1.29 is 13.2 Å². The smallest absolute Gasteiger partial charge is 0.241 e. The summed E-state index contributed by atoms with van der Waals surface area (Å²) in [5, 5.41) is 0. The average Bonchev–Trinajstić information content (AvgIpc) is 2.75. The van der Waals surface area contributed by atoms with Gasteiger partial charge in [0.1, 0.15) is 6.29 Å². The first kappa shape index (κ1) is 25.1. The monoisotopic (exact) mass is 444 g/mol. The summed E-state index contributed by atoms with van der Waals surface area (Å²) < 4.78 is 29.8. The van der Waals surface area contributed by atoms with Crippen LogP contribution in [0.15, 0.2) is 53.4 Å². The number of carbonyl (C=O) groups excluding carboxylic acids is 1. The van der Waals surface area contributed by atoms with E-state index in [2.05, 4.69) is 11.6 Å². The number of hydrogen-bond acceptors (Lipinski definition) is 4. The second-order valence-electron chi connectivity index (χ2n) is 8.26. The van der Waals surface area contributed by atoms with Crippen molar-refractivity contribution in [1.29, 1.82) is 0 Å². The summed E-state index contributed by atoms with van der Waals surface area (Å²) in [6.45, 7) is 2.11. The van der Waals surface area contributed by atoms with Gasteiger partial charge in [-0.25, -0.2) is 13.1 Å². The fourth-order valence-corrected chi connectivity index (χ4v) is 5.20. The van der Waals surface area contributed by atoms with Gasteiger partial charge in [-0.2, -0.15) is 0 Å². The molecule has 0 bridgehead atoms. The molecule has 2 aromatic carbocycles. The van der Waals surface area contributed by atoms with Gasteiger partial charge in [-0.1, -0.05) is 56.5 Å². The van der Waals surface area contributed by atoms with Gasteiger partial charge in [0.25, 0.3) is 0 Å². The van der Waals surface area contributed by atoms with Crippen LogP contribution in [0.3, 0.4) is 0 Å². The van der Waals surface area contributed by atoms with E-state index in [-0.39, 0.29) is 6.04 Å². The highest BCUT2D eigenvalue weighted by Gasteiger charge is 2.23. The molecule has 5 nitrogen and oxygen atoms in total. The second-order valence-corrected chi connectivity index (χ2v) is 9.94. The molecule has 2 aromatic rings. The fraction of sp³-hybridized carbons (Fsp3) is 0.480. The molecule has 1 unspecified atom stereocenters. The Balaban J connectivity index is 2.30. The van der Waals surface area contributed by atoms with Crippen molar-refractivity contribution in [2.24, 2.45) is 0 Å². The van der Waals surface area contributed by atoms with E-state index in [0.717, 1.165) is 61.6 Å². The molecule has 0 spiro atoms. The van der Waals surface area contributed by atoms with Gasteiger partial charge in [0.05, 0.1) is 4.90 Å². The molecule has 170 valence electrons. The summed E-state index contributed by atoms with van der Waals surface area (Å²) in [5.74, 6) is 0. The molecule has 0 aliphatic heterocycles. The van der Waals surface area contributed by atoms with Crippen molar-refractivity contribution in [1.82, 2.24) is 4.72 Å². The predicted octanol–water partition coefficient (Wildman–Crippen LogP) is 4.94. The van der Waals surface area contributed by atoms with Crippen LogP contribution in [-0.4, -0.2) is 34.8 Å². The van der Waals surface area contributed by atoms with Gasteiger partial charge in [0.15, 0.2) is 0 Å². The first-order valence-corrected chi connectivity index (χ1v) is 12.7. The minimum absolute atomic E-state index is 0.116. The maximum atomic E-state index is 13.4. The first-order valence-electron chi connectivity index (χ1n) is 11.2. The summed E-state index contributed by atoms with van der Waals surface area (Å²) in [5.41, 5.74) is 2.84. The summed E-state index contributed by atoms with van der Waals surface area (Å²) in [4.78, 5) is 12.9. The largest absolute Gasteiger partial charge is 0.378 e. The van der Waals surface area contributed by atoms with Crippen molar-refractivity contribution >= 4 is 22.0 Å². The van der Waals surface area contributed by atoms with E-state index in [0.29, 0.717) is 17.7 Å². The maximum Gasteiger partial charge on any atom is 0.241 e. The maximum absolute atomic E-state index is 13.4. The quantitative estimate of drug-likeness (QED) is 0.331. The van der Waals surface area contributed by atoms with E-state index in [1.54, 1.807) is 6.07 Å². The van der Waals surface area contributed by atoms with Crippen LogP contribution < -0.4 is 9.62 Å². The predicted molar refractivity (Wildman–Crippen MR) is 128 cm³/mol. The van der Waals surface area contributed by atoms with Crippen molar-refractivity contribution in [3.63, 3.8) is 0 Å². The van der Waals surface area contributed by atoms with E-state index in [9.17, 15) is 13.2 Å². The molecule has 0 aliphatic carbocycles. The highest BCUT2D eigenvalue weighted by Crippen LogP contribution is 2.25. The number of unbranched alkanes of at least 4 members (excludes halogenated alkanes) is 3. The Hall–Kier alpha value is -2.18. The summed E-state index contributed by atoms with van der Waals surface area (Å²) in [7, 11) is 0.241. The highest BCUT2D eigenvalue weighted by molar-refractivity contribution is 7.89. The molecule has 0 aliphatic rings. The molecule has 0 saturated carbocycles. The van der Waals surface area contributed by atoms with Crippen LogP contribution in [0.1, 0.15) is 63.0 Å². The standard InChI is InChI=1S/C25H36N2O3S/c1-4-5-14-23(15-10-7-11-18-28)26-31(29,30)25-17-16-24(27(2)3)20-22(25)19-21-12-8-6-9-13-21/h6,8-9,12-13,16-18,20,23,26H,4-5,7,10-11,14-15,19H2,1-3H3. The van der Waals surface area contributed by atoms with E-state index in [4.69, 9.17) is 0 Å². The molecule has 0 aromatic heterocycles. The van der Waals surface area contributed by atoms with Crippen LogP contribution in [0.5, 0.6) is 0 Å². The molecular formula is C25H36N2O3S. The number of anilines is 1. The van der Waals surface area contributed by atoms with Crippen molar-refractivity contribution in [2.75, 3.05) is 19.0 Å². The second kappa shape index (κ2) is 12.6. The van der Waals surface area contributed by atoms with Gasteiger partial charge in [-0.15, -0.1) is 0 Å². The third-order valence-corrected chi connectivity index (χ3v) is 7.06. The van der Waals surface area contributed by atoms with Crippen LogP contribution in [0, 0.1) is 0 Å². The van der Waals surface area contributed by atoms with E-state index in [1.807, 2.05) is 61.5 Å². The summed E-state index contributed by atoms with van der Waals surface area (Å²) in [6, 6.07) is 15.4. The number of hydrogen-bond donors (Lipinski definition) is 1. The average molecular weight is 445 g/mol. The van der Waals surface area contributed by atoms with Gasteiger partial charge in [-0.3, -0.25) is 0 Å². The van der Waals surface area contributed by atoms with Gasteiger partial charge in [0.2, 0.25) is 10.0 Å². The lowest BCUT2D eigenvalue weighted by molar-refractivity contribution is -0.107. The number of rotatable bonds is 14. The SMILES string of the molecule is CCCCC(CCCCC=O)NS(=O)(=O)c1ccc(N(C)C)cc1Cc1ccccc1. The molecule has 1 atom stereocenters.